The van der Waals surface area contributed by atoms with Gasteiger partial charge in [-0.1, -0.05) is 205 Å². The van der Waals surface area contributed by atoms with Crippen molar-refractivity contribution in [1.82, 2.24) is 28.7 Å². The van der Waals surface area contributed by atoms with Gasteiger partial charge in [0.15, 0.2) is 13.9 Å². The number of hydrogen-bond donors (Lipinski definition) is 0. The summed E-state index contributed by atoms with van der Waals surface area (Å²) in [6.45, 7) is 0. The fraction of sp³-hybridized carbons (Fsp3) is 0. The maximum Gasteiger partial charge on any atom is 0.240 e. The maximum absolute atomic E-state index is 11.4. The topological polar surface area (TPSA) is 53.5 Å². The number of para-hydroxylation sites is 6. The van der Waals surface area contributed by atoms with Crippen molar-refractivity contribution in [3.63, 3.8) is 0 Å². The van der Waals surface area contributed by atoms with E-state index in [4.69, 9.17) is 30.5 Å². The first-order chi connectivity index (χ1) is 52.2. The summed E-state index contributed by atoms with van der Waals surface area (Å²) in [6.07, 6.45) is 0. The minimum absolute atomic E-state index is 0.463. The van der Waals surface area contributed by atoms with E-state index in [1.807, 2.05) is 0 Å². The summed E-state index contributed by atoms with van der Waals surface area (Å²) in [6, 6.07) is -52.5. The van der Waals surface area contributed by atoms with Crippen LogP contribution in [0.25, 0.3) is 94.4 Å². The van der Waals surface area contributed by atoms with Crippen LogP contribution in [0, 0.1) is 0 Å². The first kappa shape index (κ1) is 16.2. The van der Waals surface area contributed by atoms with E-state index in [9.17, 15) is 37.0 Å². The molecule has 0 unspecified atom stereocenters. The van der Waals surface area contributed by atoms with Gasteiger partial charge in [0.05, 0.1) is 96.4 Å². The molecule has 0 saturated carbocycles. The Bertz CT molecular complexity index is 6200. The molecule has 0 amide bonds. The first-order valence-electron chi connectivity index (χ1n) is 41.4. The average molecular weight is 953 g/mol. The van der Waals surface area contributed by atoms with E-state index in [1.54, 1.807) is 0 Å². The number of rotatable bonds is 8. The number of fused-ring (bicyclic) bond motifs is 9. The lowest BCUT2D eigenvalue weighted by atomic mass is 10.1. The van der Waals surface area contributed by atoms with E-state index in [-0.39, 0.29) is 0 Å². The zero-order chi connectivity index (χ0) is 82.7. The third-order valence-electron chi connectivity index (χ3n) is 11.3. The van der Waals surface area contributed by atoms with Crippen LogP contribution >= 0.6 is 0 Å². The second kappa shape index (κ2) is 16.0. The monoisotopic (exact) mass is 953 g/mol. The van der Waals surface area contributed by atoms with E-state index in [0.717, 1.165) is 0 Å². The Morgan fingerprint density at radius 3 is 0.929 bits per heavy atom. The predicted octanol–water partition coefficient (Wildman–Crippen LogP) is 12.2. The minimum Gasteiger partial charge on any atom is -0.309 e. The van der Waals surface area contributed by atoms with Gasteiger partial charge in [0.2, 0.25) is 11.9 Å². The van der Waals surface area contributed by atoms with Gasteiger partial charge >= 0.3 is 0 Å². The number of nitrogens with zero attached hydrogens (tertiary/aromatic N) is 6. The second-order valence-corrected chi connectivity index (χ2v) is 18.3. The summed E-state index contributed by atoms with van der Waals surface area (Å²) in [4.78, 5) is 14.2. The zero-order valence-electron chi connectivity index (χ0n) is 76.7. The van der Waals surface area contributed by atoms with Crippen LogP contribution in [0.2, 0.25) is 0 Å². The summed E-state index contributed by atoms with van der Waals surface area (Å²) in [5.74, 6) is -4.07. The van der Waals surface area contributed by atoms with Crippen LogP contribution in [0.15, 0.2) is 254 Å². The Hall–Kier alpha value is -9.17. The smallest absolute Gasteiger partial charge is 0.240 e. The Labute approximate surface area is 463 Å². The molecule has 4 aromatic heterocycles. The molecule has 4 heterocycles. The van der Waals surface area contributed by atoms with Crippen molar-refractivity contribution in [2.75, 3.05) is 0 Å². The highest BCUT2D eigenvalue weighted by atomic mass is 28.3. The Balaban J connectivity index is 1.41. The summed E-state index contributed by atoms with van der Waals surface area (Å²) >= 11 is 0. The third-order valence-corrected chi connectivity index (χ3v) is 15.3. The largest absolute Gasteiger partial charge is 0.309 e. The highest BCUT2D eigenvalue weighted by Crippen LogP contribution is 2.38. The van der Waals surface area contributed by atoms with Crippen LogP contribution < -0.4 is 20.7 Å². The molecule has 0 atom stereocenters. The molecule has 7 heteroatoms. The molecule has 328 valence electrons. The molecular weight excluding hydrogens is 869 g/mol. The van der Waals surface area contributed by atoms with Crippen molar-refractivity contribution < 1.29 is 57.6 Å². The molecule has 0 bridgehead atoms. The molecule has 0 aliphatic heterocycles. The number of aromatic nitrogens is 6. The minimum atomic E-state index is -7.04. The van der Waals surface area contributed by atoms with Crippen LogP contribution in [-0.4, -0.2) is 36.7 Å². The summed E-state index contributed by atoms with van der Waals surface area (Å²) in [7, 11) is -7.04. The summed E-state index contributed by atoms with van der Waals surface area (Å²) in [5, 5.41) is -10.4. The normalized spacial score (nSPS) is 20.4. The van der Waals surface area contributed by atoms with Crippen molar-refractivity contribution in [2.45, 2.75) is 0 Å². The lowest BCUT2D eigenvalue weighted by Gasteiger charge is -2.35. The van der Waals surface area contributed by atoms with E-state index in [0.29, 0.717) is 13.7 Å². The zero-order valence-corrected chi connectivity index (χ0v) is 35.7. The molecule has 0 spiro atoms. The Morgan fingerprint density at radius 1 is 0.286 bits per heavy atom. The van der Waals surface area contributed by atoms with Crippen molar-refractivity contribution in [1.29, 1.82) is 0 Å². The Kier molecular flexibility index (Phi) is 3.70. The van der Waals surface area contributed by atoms with Crippen molar-refractivity contribution in [3.8, 4) is 29.0 Å². The third kappa shape index (κ3) is 5.95. The number of benzene rings is 10. The lowest BCUT2D eigenvalue weighted by Crippen LogP contribution is -2.74. The van der Waals surface area contributed by atoms with Gasteiger partial charge in [0.25, 0.3) is 0 Å². The van der Waals surface area contributed by atoms with Gasteiger partial charge in [-0.2, -0.15) is 15.0 Å². The lowest BCUT2D eigenvalue weighted by molar-refractivity contribution is 0.892. The van der Waals surface area contributed by atoms with Gasteiger partial charge in [-0.15, -0.1) is 0 Å². The van der Waals surface area contributed by atoms with Gasteiger partial charge in [0, 0.05) is 37.9 Å². The van der Waals surface area contributed by atoms with Crippen molar-refractivity contribution >= 4 is 94.2 Å². The molecule has 6 nitrogen and oxygen atoms in total. The van der Waals surface area contributed by atoms with Crippen LogP contribution in [0.5, 0.6) is 0 Å². The van der Waals surface area contributed by atoms with Crippen LogP contribution in [0.3, 0.4) is 0 Å². The molecule has 0 aliphatic carbocycles. The van der Waals surface area contributed by atoms with Gasteiger partial charge in [-0.25, -0.2) is 0 Å². The molecule has 14 rings (SSSR count). The van der Waals surface area contributed by atoms with E-state index in [2.05, 4.69) is 4.98 Å². The second-order valence-electron chi connectivity index (χ2n) is 14.8. The molecule has 70 heavy (non-hydrogen) atoms. The quantitative estimate of drug-likeness (QED) is 0.113. The molecule has 0 saturated heterocycles. The number of hydrogen-bond acceptors (Lipinski definition) is 3. The van der Waals surface area contributed by atoms with Crippen LogP contribution in [0.1, 0.15) is 57.6 Å². The molecule has 0 fully saturated rings. The van der Waals surface area contributed by atoms with Crippen molar-refractivity contribution in [3.05, 3.63) is 254 Å². The fourth-order valence-electron chi connectivity index (χ4n) is 8.53. The van der Waals surface area contributed by atoms with Gasteiger partial charge in [-0.3, -0.25) is 9.13 Å². The predicted molar refractivity (Wildman–Crippen MR) is 292 cm³/mol. The van der Waals surface area contributed by atoms with Gasteiger partial charge in [0.1, 0.15) is 0 Å². The van der Waals surface area contributed by atoms with E-state index < -0.39 is 377 Å². The first-order valence-corrected chi connectivity index (χ1v) is 22.4. The maximum atomic E-state index is 11.4. The molecule has 0 N–H and O–H groups in total. The standard InChI is InChI=1S/C63H42N6Si/c1-4-22-43(23-5-1)70(44-24-6-2-7-25-44,45-26-8-3-9-27-45)46-40-41-60(67-54-34-16-10-28-47(54)48-29-11-17-35-55(48)67)53(42-46)61-64-62(68-56-36-18-12-30-49(56)50-31-13-19-37-57(50)68)66-63(65-61)69-58-38-20-14-32-51(58)52-33-15-21-39-59(52)69/h1-42H/i1D,2D,3D,4D,5D,6D,7D,8D,9D,10D,11D,12D,13D,14D,15D,16D,17D,18D,19D,20D,21D,22D,23D,24D,25D,26D,27D,28D,29D,30D,31D,32D,33D,34D,35D,36D,37D,38D,39D,40D,41D,42D. The van der Waals surface area contributed by atoms with E-state index in [1.165, 1.54) is 0 Å². The van der Waals surface area contributed by atoms with Gasteiger partial charge in [-0.05, 0) is 69.1 Å². The molecule has 0 aliphatic rings. The van der Waals surface area contributed by atoms with Crippen molar-refractivity contribution in [2.24, 2.45) is 0 Å². The highest BCUT2D eigenvalue weighted by molar-refractivity contribution is 7.20. The van der Waals surface area contributed by atoms with Gasteiger partial charge < -0.3 is 4.57 Å². The fourth-order valence-corrected chi connectivity index (χ4v) is 12.1. The molecular formula is C63H42N6Si. The van der Waals surface area contributed by atoms with Crippen LogP contribution in [-0.2, 0) is 0 Å². The van der Waals surface area contributed by atoms with Crippen LogP contribution in [0.4, 0.5) is 0 Å². The average Bonchev–Trinajstić information content (AvgIpc) is 0.885. The molecule has 14 aromatic rings. The SMILES string of the molecule is [2H]c1c([2H])c([2H])c([Si](c2c([2H])c([2H])c([2H])c([2H])c2[2H])(c2c([2H])c([2H])c([2H])c([2H])c2[2H])c2c([2H])c([2H])c(-n3c4c([2H])c([2H])c([2H])c([2H])c4c4c([2H])c([2H])c([2H])c([2H])c43)c(-c3nc(-n4c5c([2H])c([2H])c([2H])c([2H])c5c5c([2H])c([2H])c([2H])c([2H])c54)nc(-n4c5c([2H])c([2H])c([2H])c([2H])c5c5c([2H])c([2H])c([2H])c([2H])c54)n3)c2[2H])c([2H])c1[2H]. The summed E-state index contributed by atoms with van der Waals surface area (Å²) in [5.41, 5.74) is -8.39. The molecule has 10 aromatic carbocycles. The highest BCUT2D eigenvalue weighted by Gasteiger charge is 2.42. The Morgan fingerprint density at radius 2 is 0.586 bits per heavy atom. The van der Waals surface area contributed by atoms with E-state index >= 15 is 0 Å². The molecule has 0 radical (unpaired) electrons. The summed E-state index contributed by atoms with van der Waals surface area (Å²) < 4.78 is 399.